The first-order chi connectivity index (χ1) is 9.05. The van der Waals surface area contributed by atoms with Crippen molar-refractivity contribution < 1.29 is 8.42 Å². The quantitative estimate of drug-likeness (QED) is 0.638. The maximum atomic E-state index is 12.2. The van der Waals surface area contributed by atoms with Crippen molar-refractivity contribution >= 4 is 10.0 Å². The molecule has 0 saturated carbocycles. The Kier molecular flexibility index (Phi) is 6.47. The zero-order valence-corrected chi connectivity index (χ0v) is 12.7. The van der Waals surface area contributed by atoms with E-state index in [9.17, 15) is 8.42 Å². The highest BCUT2D eigenvalue weighted by atomic mass is 32.2. The van der Waals surface area contributed by atoms with Gasteiger partial charge in [-0.3, -0.25) is 5.10 Å². The summed E-state index contributed by atoms with van der Waals surface area (Å²) in [6.45, 7) is 7.85. The molecule has 1 rings (SSSR count). The minimum atomic E-state index is -3.50. The molecule has 0 aliphatic carbocycles. The summed E-state index contributed by atoms with van der Waals surface area (Å²) < 4.78 is 27.1. The molecule has 3 N–H and O–H groups in total. The second kappa shape index (κ2) is 7.62. The van der Waals surface area contributed by atoms with E-state index in [0.717, 1.165) is 19.4 Å². The first-order valence-corrected chi connectivity index (χ1v) is 8.26. The summed E-state index contributed by atoms with van der Waals surface area (Å²) in [6, 6.07) is 0. The van der Waals surface area contributed by atoms with Crippen molar-refractivity contribution in [1.29, 1.82) is 0 Å². The van der Waals surface area contributed by atoms with E-state index in [-0.39, 0.29) is 5.03 Å². The number of aromatic amines is 1. The summed E-state index contributed by atoms with van der Waals surface area (Å²) >= 11 is 0. The summed E-state index contributed by atoms with van der Waals surface area (Å²) in [4.78, 5) is 0. The summed E-state index contributed by atoms with van der Waals surface area (Å²) in [5.41, 5.74) is 0.666. The fourth-order valence-electron chi connectivity index (χ4n) is 1.79. The molecule has 0 aromatic carbocycles. The van der Waals surface area contributed by atoms with Crippen LogP contribution < -0.4 is 10.0 Å². The largest absolute Gasteiger partial charge is 0.313 e. The van der Waals surface area contributed by atoms with Crippen molar-refractivity contribution in [3.8, 4) is 0 Å². The molecule has 19 heavy (non-hydrogen) atoms. The van der Waals surface area contributed by atoms with Crippen LogP contribution in [-0.4, -0.2) is 31.7 Å². The van der Waals surface area contributed by atoms with Gasteiger partial charge in [0.1, 0.15) is 0 Å². The van der Waals surface area contributed by atoms with Gasteiger partial charge in [0.25, 0.3) is 10.0 Å². The van der Waals surface area contributed by atoms with Gasteiger partial charge in [0.2, 0.25) is 0 Å². The van der Waals surface area contributed by atoms with Crippen molar-refractivity contribution in [2.75, 3.05) is 13.1 Å². The predicted molar refractivity (Wildman–Crippen MR) is 75.2 cm³/mol. The standard InChI is InChI=1S/C12H24N4O2S/c1-4-10(5-2)7-15-19(17,18)12-11(8-13-6-3)9-14-16-12/h9-10,13,15H,4-8H2,1-3H3,(H,14,16). The lowest BCUT2D eigenvalue weighted by atomic mass is 10.0. The van der Waals surface area contributed by atoms with E-state index in [1.807, 2.05) is 6.92 Å². The van der Waals surface area contributed by atoms with Crippen LogP contribution in [0.4, 0.5) is 0 Å². The summed E-state index contributed by atoms with van der Waals surface area (Å²) in [5, 5.41) is 9.66. The zero-order chi connectivity index (χ0) is 14.3. The molecule has 1 aromatic heterocycles. The first-order valence-electron chi connectivity index (χ1n) is 6.77. The molecule has 6 nitrogen and oxygen atoms in total. The van der Waals surface area contributed by atoms with Crippen LogP contribution in [0.2, 0.25) is 0 Å². The van der Waals surface area contributed by atoms with E-state index in [1.165, 1.54) is 0 Å². The van der Waals surface area contributed by atoms with E-state index < -0.39 is 10.0 Å². The molecule has 0 fully saturated rings. The number of nitrogens with zero attached hydrogens (tertiary/aromatic N) is 1. The molecule has 1 aromatic rings. The zero-order valence-electron chi connectivity index (χ0n) is 11.9. The van der Waals surface area contributed by atoms with Gasteiger partial charge < -0.3 is 5.32 Å². The second-order valence-corrected chi connectivity index (χ2v) is 6.24. The van der Waals surface area contributed by atoms with Crippen molar-refractivity contribution in [1.82, 2.24) is 20.2 Å². The number of nitrogens with one attached hydrogen (secondary N) is 3. The van der Waals surface area contributed by atoms with Gasteiger partial charge >= 0.3 is 0 Å². The highest BCUT2D eigenvalue weighted by molar-refractivity contribution is 7.89. The number of hydrogen-bond donors (Lipinski definition) is 3. The Hall–Kier alpha value is -0.920. The molecular formula is C12H24N4O2S. The van der Waals surface area contributed by atoms with E-state index >= 15 is 0 Å². The van der Waals surface area contributed by atoms with Crippen LogP contribution in [0.5, 0.6) is 0 Å². The molecule has 0 aliphatic heterocycles. The minimum Gasteiger partial charge on any atom is -0.313 e. The molecule has 1 heterocycles. The average Bonchev–Trinajstić information content (AvgIpc) is 2.86. The first kappa shape index (κ1) is 16.1. The van der Waals surface area contributed by atoms with Gasteiger partial charge in [0.05, 0.1) is 6.20 Å². The van der Waals surface area contributed by atoms with Crippen LogP contribution in [0, 0.1) is 5.92 Å². The van der Waals surface area contributed by atoms with E-state index in [2.05, 4.69) is 34.1 Å². The van der Waals surface area contributed by atoms with Crippen LogP contribution >= 0.6 is 0 Å². The maximum Gasteiger partial charge on any atom is 0.257 e. The summed E-state index contributed by atoms with van der Waals surface area (Å²) in [5.74, 6) is 0.370. The normalized spacial score (nSPS) is 12.2. The van der Waals surface area contributed by atoms with Crippen molar-refractivity contribution in [3.05, 3.63) is 11.8 Å². The average molecular weight is 288 g/mol. The van der Waals surface area contributed by atoms with Gasteiger partial charge in [-0.05, 0) is 12.5 Å². The van der Waals surface area contributed by atoms with Crippen molar-refractivity contribution in [2.45, 2.75) is 45.2 Å². The van der Waals surface area contributed by atoms with Gasteiger partial charge in [-0.25, -0.2) is 13.1 Å². The smallest absolute Gasteiger partial charge is 0.257 e. The van der Waals surface area contributed by atoms with Crippen LogP contribution in [0.15, 0.2) is 11.2 Å². The lowest BCUT2D eigenvalue weighted by Crippen LogP contribution is -2.30. The summed E-state index contributed by atoms with van der Waals surface area (Å²) in [6.07, 6.45) is 3.48. The van der Waals surface area contributed by atoms with Crippen LogP contribution in [0.1, 0.15) is 39.2 Å². The monoisotopic (exact) mass is 288 g/mol. The van der Waals surface area contributed by atoms with Gasteiger partial charge in [0.15, 0.2) is 5.03 Å². The Morgan fingerprint density at radius 1 is 1.32 bits per heavy atom. The molecule has 0 amide bonds. The lowest BCUT2D eigenvalue weighted by Gasteiger charge is -2.13. The molecule has 0 spiro atoms. The topological polar surface area (TPSA) is 86.9 Å². The molecule has 110 valence electrons. The Labute approximate surface area is 115 Å². The third kappa shape index (κ3) is 4.59. The lowest BCUT2D eigenvalue weighted by molar-refractivity contribution is 0.477. The molecule has 0 bridgehead atoms. The Morgan fingerprint density at radius 3 is 2.58 bits per heavy atom. The molecule has 0 atom stereocenters. The SMILES string of the molecule is CCNCc1cn[nH]c1S(=O)(=O)NCC(CC)CC. The number of sulfonamides is 1. The highest BCUT2D eigenvalue weighted by Gasteiger charge is 2.21. The van der Waals surface area contributed by atoms with Gasteiger partial charge in [-0.1, -0.05) is 33.6 Å². The fourth-order valence-corrected chi connectivity index (χ4v) is 3.04. The number of H-pyrrole nitrogens is 1. The molecule has 7 heteroatoms. The molecule has 0 unspecified atom stereocenters. The maximum absolute atomic E-state index is 12.2. The van der Waals surface area contributed by atoms with E-state index in [1.54, 1.807) is 6.20 Å². The Bertz CT molecular complexity index is 466. The molecule has 0 radical (unpaired) electrons. The van der Waals surface area contributed by atoms with Gasteiger partial charge in [-0.2, -0.15) is 5.10 Å². The third-order valence-electron chi connectivity index (χ3n) is 3.23. The molecule has 0 aliphatic rings. The van der Waals surface area contributed by atoms with E-state index in [4.69, 9.17) is 0 Å². The summed E-state index contributed by atoms with van der Waals surface area (Å²) in [7, 11) is -3.50. The fraction of sp³-hybridized carbons (Fsp3) is 0.750. The number of hydrogen-bond acceptors (Lipinski definition) is 4. The van der Waals surface area contributed by atoms with Gasteiger partial charge in [-0.15, -0.1) is 0 Å². The second-order valence-electron chi connectivity index (χ2n) is 4.54. The third-order valence-corrected chi connectivity index (χ3v) is 4.67. The van der Waals surface area contributed by atoms with Crippen LogP contribution in [-0.2, 0) is 16.6 Å². The number of rotatable bonds is 9. The Balaban J connectivity index is 2.74. The predicted octanol–water partition coefficient (Wildman–Crippen LogP) is 1.23. The van der Waals surface area contributed by atoms with Crippen molar-refractivity contribution in [2.24, 2.45) is 5.92 Å². The highest BCUT2D eigenvalue weighted by Crippen LogP contribution is 2.13. The Morgan fingerprint density at radius 2 is 2.00 bits per heavy atom. The van der Waals surface area contributed by atoms with Crippen LogP contribution in [0.3, 0.4) is 0 Å². The van der Waals surface area contributed by atoms with Gasteiger partial charge in [0, 0.05) is 18.7 Å². The minimum absolute atomic E-state index is 0.166. The van der Waals surface area contributed by atoms with Crippen LogP contribution in [0.25, 0.3) is 0 Å². The molecular weight excluding hydrogens is 264 g/mol. The number of aromatic nitrogens is 2. The van der Waals surface area contributed by atoms with Crippen molar-refractivity contribution in [3.63, 3.8) is 0 Å². The molecule has 0 saturated heterocycles. The van der Waals surface area contributed by atoms with E-state index in [0.29, 0.717) is 24.6 Å².